The number of nitrogens with one attached hydrogen (secondary N) is 2. The molecule has 0 bridgehead atoms. The number of nitrogens with zero attached hydrogens (tertiary/aromatic N) is 2. The summed E-state index contributed by atoms with van der Waals surface area (Å²) in [6.07, 6.45) is 6.22. The molecule has 1 aromatic carbocycles. The van der Waals surface area contributed by atoms with Gasteiger partial charge in [0, 0.05) is 31.3 Å². The molecule has 0 heterocycles. The Kier molecular flexibility index (Phi) is 7.13. The molecule has 6 nitrogen and oxygen atoms in total. The molecule has 0 saturated heterocycles. The number of hydrogen-bond donors (Lipinski definition) is 2. The van der Waals surface area contributed by atoms with Crippen LogP contribution in [0.4, 0.5) is 5.69 Å². The monoisotopic (exact) mass is 402 g/mol. The maximum atomic E-state index is 10.9. The van der Waals surface area contributed by atoms with Crippen LogP contribution in [0.2, 0.25) is 0 Å². The quantitative estimate of drug-likeness (QED) is 0.203. The second-order valence-electron chi connectivity index (χ2n) is 4.60. The van der Waals surface area contributed by atoms with Gasteiger partial charge in [-0.15, -0.1) is 24.0 Å². The summed E-state index contributed by atoms with van der Waals surface area (Å²) in [5.41, 5.74) is 0.767. The van der Waals surface area contributed by atoms with Gasteiger partial charge in [0.1, 0.15) is 0 Å². The molecule has 1 aromatic rings. The zero-order valence-corrected chi connectivity index (χ0v) is 14.1. The van der Waals surface area contributed by atoms with Gasteiger partial charge in [-0.3, -0.25) is 15.1 Å². The fourth-order valence-corrected chi connectivity index (χ4v) is 2.14. The van der Waals surface area contributed by atoms with Crippen molar-refractivity contribution in [2.45, 2.75) is 25.4 Å². The smallest absolute Gasteiger partial charge is 0.274 e. The summed E-state index contributed by atoms with van der Waals surface area (Å²) >= 11 is 0. The normalized spacial score (nSPS) is 14.6. The Morgan fingerprint density at radius 2 is 2.05 bits per heavy atom. The van der Waals surface area contributed by atoms with Crippen molar-refractivity contribution in [2.75, 3.05) is 7.05 Å². The Morgan fingerprint density at radius 3 is 2.67 bits per heavy atom. The average molecular weight is 402 g/mol. The first-order chi connectivity index (χ1) is 9.70. The summed E-state index contributed by atoms with van der Waals surface area (Å²) in [7, 11) is 1.69. The molecule has 2 rings (SSSR count). The van der Waals surface area contributed by atoms with Crippen LogP contribution in [0, 0.1) is 10.1 Å². The Morgan fingerprint density at radius 1 is 1.38 bits per heavy atom. The lowest BCUT2D eigenvalue weighted by Gasteiger charge is -2.16. The molecule has 0 spiro atoms. The molecule has 1 aliphatic carbocycles. The molecule has 2 N–H and O–H groups in total. The molecule has 1 aliphatic rings. The topological polar surface area (TPSA) is 79.6 Å². The molecule has 114 valence electrons. The van der Waals surface area contributed by atoms with Crippen molar-refractivity contribution in [1.82, 2.24) is 10.6 Å². The highest BCUT2D eigenvalue weighted by atomic mass is 127. The summed E-state index contributed by atoms with van der Waals surface area (Å²) < 4.78 is 0. The van der Waals surface area contributed by atoms with Gasteiger partial charge in [-0.25, -0.2) is 0 Å². The van der Waals surface area contributed by atoms with Crippen LogP contribution < -0.4 is 10.6 Å². The van der Waals surface area contributed by atoms with Gasteiger partial charge in [0.15, 0.2) is 5.96 Å². The molecule has 0 atom stereocenters. The third-order valence-corrected chi connectivity index (χ3v) is 3.21. The van der Waals surface area contributed by atoms with Crippen LogP contribution in [0.1, 0.15) is 18.4 Å². The van der Waals surface area contributed by atoms with E-state index in [1.807, 2.05) is 0 Å². The van der Waals surface area contributed by atoms with Crippen LogP contribution in [-0.4, -0.2) is 24.0 Å². The van der Waals surface area contributed by atoms with Crippen molar-refractivity contribution >= 4 is 35.6 Å². The largest absolute Gasteiger partial charge is 0.353 e. The van der Waals surface area contributed by atoms with Crippen LogP contribution in [0.25, 0.3) is 0 Å². The van der Waals surface area contributed by atoms with Gasteiger partial charge in [-0.1, -0.05) is 30.4 Å². The molecule has 0 aliphatic heterocycles. The number of benzene rings is 1. The second kappa shape index (κ2) is 8.60. The maximum Gasteiger partial charge on any atom is 0.274 e. The van der Waals surface area contributed by atoms with Crippen molar-refractivity contribution in [3.63, 3.8) is 0 Å². The lowest BCUT2D eigenvalue weighted by molar-refractivity contribution is -0.385. The maximum absolute atomic E-state index is 10.9. The van der Waals surface area contributed by atoms with Crippen molar-refractivity contribution < 1.29 is 4.92 Å². The lowest BCUT2D eigenvalue weighted by Crippen LogP contribution is -2.42. The Labute approximate surface area is 140 Å². The van der Waals surface area contributed by atoms with Crippen molar-refractivity contribution in [2.24, 2.45) is 4.99 Å². The van der Waals surface area contributed by atoms with Crippen molar-refractivity contribution in [1.29, 1.82) is 0 Å². The van der Waals surface area contributed by atoms with Crippen LogP contribution in [0.15, 0.2) is 41.4 Å². The molecule has 0 saturated carbocycles. The van der Waals surface area contributed by atoms with Crippen LogP contribution in [0.5, 0.6) is 0 Å². The molecular weight excluding hydrogens is 383 g/mol. The van der Waals surface area contributed by atoms with E-state index in [1.165, 1.54) is 6.07 Å². The minimum Gasteiger partial charge on any atom is -0.353 e. The van der Waals surface area contributed by atoms with E-state index in [0.717, 1.165) is 12.8 Å². The number of para-hydroxylation sites is 1. The van der Waals surface area contributed by atoms with Gasteiger partial charge in [-0.2, -0.15) is 0 Å². The molecule has 0 unspecified atom stereocenters. The van der Waals surface area contributed by atoms with E-state index in [9.17, 15) is 10.1 Å². The van der Waals surface area contributed by atoms with E-state index < -0.39 is 0 Å². The summed E-state index contributed by atoms with van der Waals surface area (Å²) in [6.45, 7) is 0.372. The van der Waals surface area contributed by atoms with E-state index in [0.29, 0.717) is 24.1 Å². The summed E-state index contributed by atoms with van der Waals surface area (Å²) in [6, 6.07) is 7.07. The van der Waals surface area contributed by atoms with Gasteiger partial charge in [0.05, 0.1) is 4.92 Å². The number of nitro groups is 1. The highest BCUT2D eigenvalue weighted by Gasteiger charge is 2.14. The van der Waals surface area contributed by atoms with Crippen LogP contribution in [-0.2, 0) is 6.54 Å². The van der Waals surface area contributed by atoms with Gasteiger partial charge in [0.2, 0.25) is 0 Å². The number of rotatable bonds is 4. The van der Waals surface area contributed by atoms with E-state index in [1.54, 1.807) is 25.2 Å². The van der Waals surface area contributed by atoms with Gasteiger partial charge >= 0.3 is 0 Å². The number of halogens is 1. The third-order valence-electron chi connectivity index (χ3n) is 3.21. The molecule has 0 radical (unpaired) electrons. The fourth-order valence-electron chi connectivity index (χ4n) is 2.14. The van der Waals surface area contributed by atoms with E-state index >= 15 is 0 Å². The zero-order valence-electron chi connectivity index (χ0n) is 11.8. The second-order valence-corrected chi connectivity index (χ2v) is 4.60. The highest BCUT2D eigenvalue weighted by Crippen LogP contribution is 2.17. The zero-order chi connectivity index (χ0) is 14.4. The fraction of sp³-hybridized carbons (Fsp3) is 0.357. The first-order valence-electron chi connectivity index (χ1n) is 6.55. The predicted molar refractivity (Wildman–Crippen MR) is 94.0 cm³/mol. The molecule has 21 heavy (non-hydrogen) atoms. The first-order valence-corrected chi connectivity index (χ1v) is 6.55. The van der Waals surface area contributed by atoms with E-state index in [-0.39, 0.29) is 34.6 Å². The number of hydrogen-bond acceptors (Lipinski definition) is 3. The molecule has 7 heteroatoms. The van der Waals surface area contributed by atoms with Crippen molar-refractivity contribution in [3.8, 4) is 0 Å². The number of guanidine groups is 1. The molecular formula is C14H19IN4O2. The Balaban J connectivity index is 0.00000220. The molecule has 0 aromatic heterocycles. The summed E-state index contributed by atoms with van der Waals surface area (Å²) in [5, 5.41) is 17.3. The minimum absolute atomic E-state index is 0. The molecule has 0 amide bonds. The van der Waals surface area contributed by atoms with Gasteiger partial charge in [0.25, 0.3) is 5.69 Å². The van der Waals surface area contributed by atoms with E-state index in [2.05, 4.69) is 27.8 Å². The predicted octanol–water partition coefficient (Wildman–Crippen LogP) is 2.60. The Hall–Kier alpha value is -1.64. The third kappa shape index (κ3) is 5.00. The number of aliphatic imine (C=N–C) groups is 1. The van der Waals surface area contributed by atoms with Crippen LogP contribution >= 0.6 is 24.0 Å². The standard InChI is InChI=1S/C14H18N4O2.HI/c1-15-14(17-12-7-3-4-8-12)16-10-11-6-2-5-9-13(11)18(19)20;/h2-6,9,12H,7-8,10H2,1H3,(H2,15,16,17);1H. The summed E-state index contributed by atoms with van der Waals surface area (Å²) in [4.78, 5) is 14.7. The van der Waals surface area contributed by atoms with Gasteiger partial charge < -0.3 is 10.6 Å². The highest BCUT2D eigenvalue weighted by molar-refractivity contribution is 14.0. The van der Waals surface area contributed by atoms with Gasteiger partial charge in [-0.05, 0) is 12.8 Å². The minimum atomic E-state index is -0.367. The van der Waals surface area contributed by atoms with Crippen molar-refractivity contribution in [3.05, 3.63) is 52.1 Å². The Bertz CT molecular complexity index is 538. The van der Waals surface area contributed by atoms with E-state index in [4.69, 9.17) is 0 Å². The van der Waals surface area contributed by atoms with Crippen LogP contribution in [0.3, 0.4) is 0 Å². The average Bonchev–Trinajstić information content (AvgIpc) is 2.96. The lowest BCUT2D eigenvalue weighted by atomic mass is 10.2. The summed E-state index contributed by atoms with van der Waals surface area (Å²) in [5.74, 6) is 0.664. The first kappa shape index (κ1) is 17.4. The molecule has 0 fully saturated rings. The SMILES string of the molecule is CN=C(NCc1ccccc1[N+](=O)[O-])NC1CC=CC1.I. The number of nitro benzene ring substituents is 1.